The highest BCUT2D eigenvalue weighted by molar-refractivity contribution is 5.99. The van der Waals surface area contributed by atoms with E-state index in [1.807, 2.05) is 6.92 Å². The van der Waals surface area contributed by atoms with Crippen LogP contribution >= 0.6 is 0 Å². The number of carbonyl (C=O) groups excluding carboxylic acids is 1. The average molecular weight is 231 g/mol. The molecule has 2 heterocycles. The van der Waals surface area contributed by atoms with E-state index in [1.165, 1.54) is 0 Å². The van der Waals surface area contributed by atoms with Crippen LogP contribution in [0, 0.1) is 0 Å². The van der Waals surface area contributed by atoms with Gasteiger partial charge in [0.2, 0.25) is 0 Å². The number of H-pyrrole nitrogens is 1. The molecule has 0 saturated carbocycles. The van der Waals surface area contributed by atoms with Crippen LogP contribution in [0.3, 0.4) is 0 Å². The first-order chi connectivity index (χ1) is 8.28. The van der Waals surface area contributed by atoms with Crippen LogP contribution in [0.5, 0.6) is 0 Å². The van der Waals surface area contributed by atoms with E-state index in [4.69, 9.17) is 0 Å². The third-order valence-corrected chi connectivity index (χ3v) is 2.19. The van der Waals surface area contributed by atoms with Crippen LogP contribution < -0.4 is 10.6 Å². The maximum atomic E-state index is 11.6. The summed E-state index contributed by atoms with van der Waals surface area (Å²) >= 11 is 0. The Morgan fingerprint density at radius 2 is 2.12 bits per heavy atom. The second-order valence-corrected chi connectivity index (χ2v) is 3.45. The largest absolute Gasteiger partial charge is 0.324 e. The number of nitrogens with one attached hydrogen (secondary N) is 3. The number of nitrogens with zero attached hydrogens (tertiary/aromatic N) is 2. The number of anilines is 2. The lowest BCUT2D eigenvalue weighted by atomic mass is 10.3. The van der Waals surface area contributed by atoms with Crippen molar-refractivity contribution in [3.05, 3.63) is 36.3 Å². The van der Waals surface area contributed by atoms with Crippen molar-refractivity contribution in [1.29, 1.82) is 0 Å². The van der Waals surface area contributed by atoms with Crippen LogP contribution in [0.15, 0.2) is 30.6 Å². The Bertz CT molecular complexity index is 494. The van der Waals surface area contributed by atoms with Gasteiger partial charge in [0.1, 0.15) is 0 Å². The topological polar surface area (TPSA) is 82.7 Å². The quantitative estimate of drug-likeness (QED) is 0.755. The first-order valence-electron chi connectivity index (χ1n) is 5.30. The molecule has 2 rings (SSSR count). The van der Waals surface area contributed by atoms with Crippen molar-refractivity contribution in [3.8, 4) is 0 Å². The Balaban J connectivity index is 1.93. The van der Waals surface area contributed by atoms with E-state index < -0.39 is 0 Å². The fourth-order valence-corrected chi connectivity index (χ4v) is 1.32. The van der Waals surface area contributed by atoms with Gasteiger partial charge in [-0.25, -0.2) is 4.79 Å². The van der Waals surface area contributed by atoms with Gasteiger partial charge in [-0.05, 0) is 18.6 Å². The van der Waals surface area contributed by atoms with Gasteiger partial charge in [-0.1, -0.05) is 6.92 Å². The van der Waals surface area contributed by atoms with Crippen LogP contribution in [0.25, 0.3) is 0 Å². The third-order valence-electron chi connectivity index (χ3n) is 2.19. The number of hydrogen-bond donors (Lipinski definition) is 3. The fraction of sp³-hybridized carbons (Fsp3) is 0.182. The van der Waals surface area contributed by atoms with E-state index >= 15 is 0 Å². The molecule has 0 aliphatic rings. The van der Waals surface area contributed by atoms with Crippen molar-refractivity contribution in [2.45, 2.75) is 13.3 Å². The van der Waals surface area contributed by atoms with Crippen molar-refractivity contribution in [2.24, 2.45) is 0 Å². The smallest absolute Gasteiger partial charge is 0.308 e. The van der Waals surface area contributed by atoms with Crippen LogP contribution in [0.2, 0.25) is 0 Å². The zero-order chi connectivity index (χ0) is 12.1. The number of amides is 2. The van der Waals surface area contributed by atoms with E-state index in [2.05, 4.69) is 25.8 Å². The number of aromatic amines is 1. The molecule has 0 aliphatic carbocycles. The summed E-state index contributed by atoms with van der Waals surface area (Å²) < 4.78 is 0. The highest BCUT2D eigenvalue weighted by atomic mass is 16.2. The fourth-order valence-electron chi connectivity index (χ4n) is 1.32. The minimum atomic E-state index is -0.328. The predicted octanol–water partition coefficient (Wildman–Crippen LogP) is 2.01. The summed E-state index contributed by atoms with van der Waals surface area (Å²) in [5, 5.41) is 12.1. The molecule has 6 nitrogen and oxygen atoms in total. The maximum absolute atomic E-state index is 11.6. The summed E-state index contributed by atoms with van der Waals surface area (Å²) in [5.74, 6) is 0.508. The molecule has 0 atom stereocenters. The van der Waals surface area contributed by atoms with E-state index in [1.54, 1.807) is 30.6 Å². The normalized spacial score (nSPS) is 9.94. The molecule has 2 aromatic rings. The number of hydrogen-bond acceptors (Lipinski definition) is 3. The zero-order valence-corrected chi connectivity index (χ0v) is 9.40. The first kappa shape index (κ1) is 11.1. The number of aryl methyl sites for hydroxylation is 1. The molecule has 3 N–H and O–H groups in total. The lowest BCUT2D eigenvalue weighted by Crippen LogP contribution is -2.19. The van der Waals surface area contributed by atoms with Crippen molar-refractivity contribution in [1.82, 2.24) is 15.2 Å². The van der Waals surface area contributed by atoms with Gasteiger partial charge in [-0.3, -0.25) is 15.4 Å². The standard InChI is InChI=1S/C11H13N5O/c1-2-8-7-10(16-15-8)14-11(17)13-9-3-5-12-6-4-9/h3-7H,2H2,1H3,(H3,12,13,14,15,16,17). The van der Waals surface area contributed by atoms with Gasteiger partial charge < -0.3 is 5.32 Å². The molecule has 0 aromatic carbocycles. The monoisotopic (exact) mass is 231 g/mol. The van der Waals surface area contributed by atoms with Crippen molar-refractivity contribution >= 4 is 17.5 Å². The minimum Gasteiger partial charge on any atom is -0.308 e. The Hall–Kier alpha value is -2.37. The molecule has 0 fully saturated rings. The summed E-state index contributed by atoms with van der Waals surface area (Å²) in [6.07, 6.45) is 4.07. The van der Waals surface area contributed by atoms with Gasteiger partial charge in [0, 0.05) is 29.8 Å². The Labute approximate surface area is 98.5 Å². The molecule has 0 radical (unpaired) electrons. The highest BCUT2D eigenvalue weighted by Gasteiger charge is 2.05. The molecule has 17 heavy (non-hydrogen) atoms. The summed E-state index contributed by atoms with van der Waals surface area (Å²) in [4.78, 5) is 15.4. The number of rotatable bonds is 3. The zero-order valence-electron chi connectivity index (χ0n) is 9.40. The van der Waals surface area contributed by atoms with Crippen molar-refractivity contribution < 1.29 is 4.79 Å². The average Bonchev–Trinajstić information content (AvgIpc) is 2.78. The first-order valence-corrected chi connectivity index (χ1v) is 5.30. The lowest BCUT2D eigenvalue weighted by Gasteiger charge is -2.04. The van der Waals surface area contributed by atoms with Gasteiger partial charge in [-0.15, -0.1) is 0 Å². The van der Waals surface area contributed by atoms with Gasteiger partial charge >= 0.3 is 6.03 Å². The van der Waals surface area contributed by atoms with Crippen LogP contribution in [-0.2, 0) is 6.42 Å². The van der Waals surface area contributed by atoms with E-state index in [-0.39, 0.29) is 6.03 Å². The molecule has 2 aromatic heterocycles. The molecule has 0 unspecified atom stereocenters. The Morgan fingerprint density at radius 1 is 1.35 bits per heavy atom. The van der Waals surface area contributed by atoms with Crippen LogP contribution in [0.1, 0.15) is 12.6 Å². The molecule has 0 spiro atoms. The number of pyridine rings is 1. The molecule has 0 saturated heterocycles. The lowest BCUT2D eigenvalue weighted by molar-refractivity contribution is 0.262. The molecule has 0 bridgehead atoms. The maximum Gasteiger partial charge on any atom is 0.324 e. The molecule has 0 aliphatic heterocycles. The summed E-state index contributed by atoms with van der Waals surface area (Å²) in [5.41, 5.74) is 1.66. The molecular formula is C11H13N5O. The van der Waals surface area contributed by atoms with Gasteiger partial charge in [-0.2, -0.15) is 5.10 Å². The van der Waals surface area contributed by atoms with Gasteiger partial charge in [0.05, 0.1) is 0 Å². The number of aromatic nitrogens is 3. The summed E-state index contributed by atoms with van der Waals surface area (Å²) in [6.45, 7) is 2.01. The van der Waals surface area contributed by atoms with E-state index in [0.717, 1.165) is 12.1 Å². The SMILES string of the molecule is CCc1cc(NC(=O)Nc2ccncc2)n[nH]1. The van der Waals surface area contributed by atoms with Gasteiger partial charge in [0.15, 0.2) is 5.82 Å². The van der Waals surface area contributed by atoms with E-state index in [9.17, 15) is 4.79 Å². The van der Waals surface area contributed by atoms with Gasteiger partial charge in [0.25, 0.3) is 0 Å². The number of carbonyl (C=O) groups is 1. The molecule has 6 heteroatoms. The van der Waals surface area contributed by atoms with Crippen LogP contribution in [-0.4, -0.2) is 21.2 Å². The van der Waals surface area contributed by atoms with Crippen LogP contribution in [0.4, 0.5) is 16.3 Å². The predicted molar refractivity (Wildman–Crippen MR) is 64.8 cm³/mol. The molecule has 88 valence electrons. The van der Waals surface area contributed by atoms with Crippen molar-refractivity contribution in [3.63, 3.8) is 0 Å². The minimum absolute atomic E-state index is 0.328. The second kappa shape index (κ2) is 5.11. The van der Waals surface area contributed by atoms with E-state index in [0.29, 0.717) is 11.5 Å². The molecular weight excluding hydrogens is 218 g/mol. The Morgan fingerprint density at radius 3 is 2.76 bits per heavy atom. The summed E-state index contributed by atoms with van der Waals surface area (Å²) in [6, 6.07) is 4.89. The second-order valence-electron chi connectivity index (χ2n) is 3.45. The molecule has 2 amide bonds. The number of urea groups is 1. The summed E-state index contributed by atoms with van der Waals surface area (Å²) in [7, 11) is 0. The third kappa shape index (κ3) is 3.04. The van der Waals surface area contributed by atoms with Crippen molar-refractivity contribution in [2.75, 3.05) is 10.6 Å². The highest BCUT2D eigenvalue weighted by Crippen LogP contribution is 2.07. The Kier molecular flexibility index (Phi) is 3.34.